The van der Waals surface area contributed by atoms with Gasteiger partial charge in [0.15, 0.2) is 6.10 Å². The van der Waals surface area contributed by atoms with Crippen LogP contribution in [0.25, 0.3) is 0 Å². The lowest BCUT2D eigenvalue weighted by atomic mass is 10.1. The van der Waals surface area contributed by atoms with Crippen molar-refractivity contribution in [3.8, 4) is 0 Å². The van der Waals surface area contributed by atoms with E-state index in [1.165, 1.54) is 0 Å². The van der Waals surface area contributed by atoms with Gasteiger partial charge in [-0.25, -0.2) is 0 Å². The third-order valence-corrected chi connectivity index (χ3v) is 2.20. The average molecular weight is 213 g/mol. The van der Waals surface area contributed by atoms with E-state index >= 15 is 0 Å². The Kier molecular flexibility index (Phi) is 4.15. The topological polar surface area (TPSA) is 41.5 Å². The fourth-order valence-electron chi connectivity index (χ4n) is 1.30. The molecule has 84 valence electrons. The van der Waals surface area contributed by atoms with Crippen LogP contribution in [-0.2, 0) is 4.74 Å². The van der Waals surface area contributed by atoms with Crippen LogP contribution in [0.2, 0.25) is 0 Å². The molecule has 1 rings (SSSR count). The van der Waals surface area contributed by atoms with Crippen molar-refractivity contribution in [3.05, 3.63) is 0 Å². The molecular weight excluding hydrogens is 199 g/mol. The minimum atomic E-state index is -4.53. The first-order valence-electron chi connectivity index (χ1n) is 4.56. The van der Waals surface area contributed by atoms with E-state index in [2.05, 4.69) is 5.32 Å². The molecule has 14 heavy (non-hydrogen) atoms. The molecule has 1 atom stereocenters. The summed E-state index contributed by atoms with van der Waals surface area (Å²) in [5.41, 5.74) is 0. The molecule has 3 nitrogen and oxygen atoms in total. The van der Waals surface area contributed by atoms with Gasteiger partial charge < -0.3 is 15.2 Å². The molecule has 6 heteroatoms. The van der Waals surface area contributed by atoms with Crippen molar-refractivity contribution in [2.75, 3.05) is 19.8 Å². The van der Waals surface area contributed by atoms with E-state index in [1.54, 1.807) is 0 Å². The molecule has 0 aromatic heterocycles. The highest BCUT2D eigenvalue weighted by atomic mass is 19.4. The predicted molar refractivity (Wildman–Crippen MR) is 43.9 cm³/mol. The first-order valence-corrected chi connectivity index (χ1v) is 4.56. The van der Waals surface area contributed by atoms with E-state index in [0.29, 0.717) is 26.1 Å². The minimum Gasteiger partial charge on any atom is -0.382 e. The Balaban J connectivity index is 2.19. The fraction of sp³-hybridized carbons (Fsp3) is 1.00. The second kappa shape index (κ2) is 4.95. The number of ether oxygens (including phenoxy) is 1. The Morgan fingerprint density at radius 2 is 1.93 bits per heavy atom. The Labute approximate surface area is 80.2 Å². The van der Waals surface area contributed by atoms with Gasteiger partial charge in [0.25, 0.3) is 0 Å². The SMILES string of the molecule is OC(CNC1CCOCC1)C(F)(F)F. The van der Waals surface area contributed by atoms with Crippen molar-refractivity contribution in [2.45, 2.75) is 31.2 Å². The molecular formula is C8H14F3NO2. The summed E-state index contributed by atoms with van der Waals surface area (Å²) in [7, 11) is 0. The lowest BCUT2D eigenvalue weighted by Crippen LogP contribution is -2.44. The largest absolute Gasteiger partial charge is 0.415 e. The monoisotopic (exact) mass is 213 g/mol. The van der Waals surface area contributed by atoms with Crippen molar-refractivity contribution in [1.29, 1.82) is 0 Å². The standard InChI is InChI=1S/C8H14F3NO2/c9-8(10,11)7(13)5-12-6-1-3-14-4-2-6/h6-7,12-13H,1-5H2. The normalized spacial score (nSPS) is 22.3. The molecule has 1 aliphatic heterocycles. The summed E-state index contributed by atoms with van der Waals surface area (Å²) in [4.78, 5) is 0. The first-order chi connectivity index (χ1) is 6.50. The van der Waals surface area contributed by atoms with E-state index in [-0.39, 0.29) is 6.04 Å². The number of hydrogen-bond donors (Lipinski definition) is 2. The van der Waals surface area contributed by atoms with Gasteiger partial charge in [-0.05, 0) is 12.8 Å². The maximum Gasteiger partial charge on any atom is 0.415 e. The molecule has 0 spiro atoms. The Bertz CT molecular complexity index is 168. The van der Waals surface area contributed by atoms with Gasteiger partial charge in [0.2, 0.25) is 0 Å². The number of aliphatic hydroxyl groups is 1. The summed E-state index contributed by atoms with van der Waals surface area (Å²) in [5.74, 6) is 0. The van der Waals surface area contributed by atoms with Gasteiger partial charge in [-0.2, -0.15) is 13.2 Å². The molecule has 0 saturated carbocycles. The van der Waals surface area contributed by atoms with Crippen LogP contribution in [0.15, 0.2) is 0 Å². The molecule has 1 saturated heterocycles. The highest BCUT2D eigenvalue weighted by molar-refractivity contribution is 4.74. The zero-order chi connectivity index (χ0) is 10.6. The summed E-state index contributed by atoms with van der Waals surface area (Å²) < 4.78 is 40.7. The van der Waals surface area contributed by atoms with Gasteiger partial charge in [0.05, 0.1) is 0 Å². The summed E-state index contributed by atoms with van der Waals surface area (Å²) in [5, 5.41) is 11.4. The predicted octanol–water partition coefficient (Wildman–Crippen LogP) is 0.678. The molecule has 1 aliphatic rings. The zero-order valence-corrected chi connectivity index (χ0v) is 7.68. The van der Waals surface area contributed by atoms with Gasteiger partial charge in [0.1, 0.15) is 0 Å². The second-order valence-electron chi connectivity index (χ2n) is 3.35. The Morgan fingerprint density at radius 1 is 1.36 bits per heavy atom. The van der Waals surface area contributed by atoms with Gasteiger partial charge in [-0.15, -0.1) is 0 Å². The van der Waals surface area contributed by atoms with Gasteiger partial charge in [-0.3, -0.25) is 0 Å². The Morgan fingerprint density at radius 3 is 2.43 bits per heavy atom. The Hall–Kier alpha value is -0.330. The summed E-state index contributed by atoms with van der Waals surface area (Å²) in [6.07, 6.45) is -5.40. The van der Waals surface area contributed by atoms with Gasteiger partial charge >= 0.3 is 6.18 Å². The van der Waals surface area contributed by atoms with E-state index in [1.807, 2.05) is 0 Å². The molecule has 2 N–H and O–H groups in total. The van der Waals surface area contributed by atoms with Crippen molar-refractivity contribution in [2.24, 2.45) is 0 Å². The highest BCUT2D eigenvalue weighted by Crippen LogP contribution is 2.19. The molecule has 0 amide bonds. The summed E-state index contributed by atoms with van der Waals surface area (Å²) in [6.45, 7) is 0.702. The van der Waals surface area contributed by atoms with Crippen molar-refractivity contribution >= 4 is 0 Å². The number of hydrogen-bond acceptors (Lipinski definition) is 3. The van der Waals surface area contributed by atoms with E-state index in [9.17, 15) is 13.2 Å². The summed E-state index contributed by atoms with van der Waals surface area (Å²) in [6, 6.07) is 0.0285. The molecule has 1 unspecified atom stereocenters. The molecule has 0 bridgehead atoms. The molecule has 0 radical (unpaired) electrons. The lowest BCUT2D eigenvalue weighted by molar-refractivity contribution is -0.202. The highest BCUT2D eigenvalue weighted by Gasteiger charge is 2.38. The van der Waals surface area contributed by atoms with Crippen molar-refractivity contribution < 1.29 is 23.0 Å². The smallest absolute Gasteiger partial charge is 0.382 e. The van der Waals surface area contributed by atoms with Crippen molar-refractivity contribution in [3.63, 3.8) is 0 Å². The summed E-state index contributed by atoms with van der Waals surface area (Å²) >= 11 is 0. The molecule has 1 heterocycles. The van der Waals surface area contributed by atoms with Crippen LogP contribution >= 0.6 is 0 Å². The number of nitrogens with one attached hydrogen (secondary N) is 1. The average Bonchev–Trinajstić information content (AvgIpc) is 2.14. The van der Waals surface area contributed by atoms with Crippen LogP contribution in [-0.4, -0.2) is 43.2 Å². The van der Waals surface area contributed by atoms with Crippen LogP contribution in [0.5, 0.6) is 0 Å². The maximum absolute atomic E-state index is 11.9. The van der Waals surface area contributed by atoms with E-state index in [0.717, 1.165) is 0 Å². The van der Waals surface area contributed by atoms with Crippen LogP contribution in [0.4, 0.5) is 13.2 Å². The first kappa shape index (κ1) is 11.7. The lowest BCUT2D eigenvalue weighted by Gasteiger charge is -2.25. The number of rotatable bonds is 3. The zero-order valence-electron chi connectivity index (χ0n) is 7.68. The second-order valence-corrected chi connectivity index (χ2v) is 3.35. The molecule has 0 aromatic carbocycles. The molecule has 0 aliphatic carbocycles. The van der Waals surface area contributed by atoms with Crippen LogP contribution in [0, 0.1) is 0 Å². The van der Waals surface area contributed by atoms with Crippen LogP contribution in [0.1, 0.15) is 12.8 Å². The number of halogens is 3. The van der Waals surface area contributed by atoms with Crippen LogP contribution < -0.4 is 5.32 Å². The minimum absolute atomic E-state index is 0.0285. The third kappa shape index (κ3) is 3.81. The quantitative estimate of drug-likeness (QED) is 0.724. The maximum atomic E-state index is 11.9. The number of aliphatic hydroxyl groups excluding tert-OH is 1. The third-order valence-electron chi connectivity index (χ3n) is 2.20. The fourth-order valence-corrected chi connectivity index (χ4v) is 1.30. The van der Waals surface area contributed by atoms with E-state index < -0.39 is 18.8 Å². The van der Waals surface area contributed by atoms with E-state index in [4.69, 9.17) is 9.84 Å². The van der Waals surface area contributed by atoms with Gasteiger partial charge in [-0.1, -0.05) is 0 Å². The van der Waals surface area contributed by atoms with Crippen LogP contribution in [0.3, 0.4) is 0 Å². The molecule has 1 fully saturated rings. The van der Waals surface area contributed by atoms with Gasteiger partial charge in [0, 0.05) is 25.8 Å². The van der Waals surface area contributed by atoms with Crippen molar-refractivity contribution in [1.82, 2.24) is 5.32 Å². The molecule has 0 aromatic rings. The number of alkyl halides is 3.